The summed E-state index contributed by atoms with van der Waals surface area (Å²) < 4.78 is 6.07. The van der Waals surface area contributed by atoms with E-state index >= 15 is 0 Å². The Kier molecular flexibility index (Phi) is 4.47. The van der Waals surface area contributed by atoms with Gasteiger partial charge in [-0.2, -0.15) is 9.36 Å². The minimum Gasteiger partial charge on any atom is -0.297 e. The highest BCUT2D eigenvalue weighted by Crippen LogP contribution is 2.24. The second kappa shape index (κ2) is 7.08. The topological polar surface area (TPSA) is 85.6 Å². The van der Waals surface area contributed by atoms with Crippen LogP contribution in [-0.4, -0.2) is 30.3 Å². The first-order valence-corrected chi connectivity index (χ1v) is 9.09. The Morgan fingerprint density at radius 3 is 2.67 bits per heavy atom. The van der Waals surface area contributed by atoms with Crippen LogP contribution in [0.15, 0.2) is 54.6 Å². The van der Waals surface area contributed by atoms with E-state index in [4.69, 9.17) is 0 Å². The largest absolute Gasteiger partial charge is 0.297 e. The summed E-state index contributed by atoms with van der Waals surface area (Å²) in [6.45, 7) is 3.95. The molecule has 0 saturated heterocycles. The van der Waals surface area contributed by atoms with E-state index in [1.165, 1.54) is 0 Å². The Hall–Kier alpha value is -3.39. The first-order valence-electron chi connectivity index (χ1n) is 8.31. The average Bonchev–Trinajstić information content (AvgIpc) is 3.28. The van der Waals surface area contributed by atoms with Crippen molar-refractivity contribution in [3.63, 3.8) is 0 Å². The maximum Gasteiger partial charge on any atom is 0.257 e. The number of rotatable bonds is 4. The number of nitrogens with one attached hydrogen (secondary N) is 1. The van der Waals surface area contributed by atoms with Crippen LogP contribution in [0.25, 0.3) is 17.2 Å². The molecule has 4 aromatic rings. The molecule has 7 nitrogen and oxygen atoms in total. The molecule has 0 atom stereocenters. The van der Waals surface area contributed by atoms with Crippen molar-refractivity contribution in [3.05, 3.63) is 71.4 Å². The molecule has 0 bridgehead atoms. The lowest BCUT2D eigenvalue weighted by Crippen LogP contribution is -2.11. The van der Waals surface area contributed by atoms with Crippen molar-refractivity contribution >= 4 is 22.6 Å². The van der Waals surface area contributed by atoms with Gasteiger partial charge in [0.15, 0.2) is 11.5 Å². The summed E-state index contributed by atoms with van der Waals surface area (Å²) in [5.41, 5.74) is 4.06. The standard InChI is InChI=1S/C19H16N6OS/c1-12-7-6-10-15(11-12)25-13(2)16(22-24-25)17-20-19(27-23-17)21-18(26)14-8-4-3-5-9-14/h3-11H,1-2H3,(H,20,21,23,26). The molecule has 1 N–H and O–H groups in total. The highest BCUT2D eigenvalue weighted by Gasteiger charge is 2.17. The summed E-state index contributed by atoms with van der Waals surface area (Å²) in [7, 11) is 0. The summed E-state index contributed by atoms with van der Waals surface area (Å²) in [5.74, 6) is 0.221. The van der Waals surface area contributed by atoms with Crippen molar-refractivity contribution < 1.29 is 4.79 Å². The van der Waals surface area contributed by atoms with Crippen molar-refractivity contribution in [2.75, 3.05) is 5.32 Å². The number of carbonyl (C=O) groups is 1. The second-order valence-electron chi connectivity index (χ2n) is 6.02. The number of hydrogen-bond acceptors (Lipinski definition) is 6. The number of anilines is 1. The summed E-state index contributed by atoms with van der Waals surface area (Å²) in [4.78, 5) is 16.6. The fraction of sp³-hybridized carbons (Fsp3) is 0.105. The fourth-order valence-corrected chi connectivity index (χ4v) is 3.24. The van der Waals surface area contributed by atoms with Crippen molar-refractivity contribution in [1.82, 2.24) is 24.4 Å². The molecule has 0 aliphatic rings. The van der Waals surface area contributed by atoms with Gasteiger partial charge < -0.3 is 0 Å². The number of hydrogen-bond donors (Lipinski definition) is 1. The van der Waals surface area contributed by atoms with Crippen molar-refractivity contribution in [2.24, 2.45) is 0 Å². The van der Waals surface area contributed by atoms with E-state index in [-0.39, 0.29) is 5.91 Å². The molecule has 2 aromatic carbocycles. The monoisotopic (exact) mass is 376 g/mol. The van der Waals surface area contributed by atoms with Gasteiger partial charge in [0.25, 0.3) is 5.91 Å². The second-order valence-corrected chi connectivity index (χ2v) is 6.77. The van der Waals surface area contributed by atoms with E-state index < -0.39 is 0 Å². The molecule has 4 rings (SSSR count). The first-order chi connectivity index (χ1) is 13.1. The Morgan fingerprint density at radius 2 is 1.89 bits per heavy atom. The molecule has 27 heavy (non-hydrogen) atoms. The molecule has 0 fully saturated rings. The van der Waals surface area contributed by atoms with Gasteiger partial charge in [-0.15, -0.1) is 5.10 Å². The molecule has 1 amide bonds. The van der Waals surface area contributed by atoms with Gasteiger partial charge in [0, 0.05) is 17.1 Å². The predicted octanol–water partition coefficient (Wildman–Crippen LogP) is 3.65. The molecule has 2 heterocycles. The molecule has 0 aliphatic heterocycles. The fourth-order valence-electron chi connectivity index (χ4n) is 2.67. The van der Waals surface area contributed by atoms with Gasteiger partial charge in [0.1, 0.15) is 0 Å². The Bertz CT molecular complexity index is 1100. The minimum atomic E-state index is -0.224. The number of nitrogens with zero attached hydrogens (tertiary/aromatic N) is 5. The van der Waals surface area contributed by atoms with Gasteiger partial charge in [-0.25, -0.2) is 4.68 Å². The zero-order chi connectivity index (χ0) is 18.8. The molecular weight excluding hydrogens is 360 g/mol. The molecule has 0 spiro atoms. The number of aromatic nitrogens is 5. The van der Waals surface area contributed by atoms with Crippen molar-refractivity contribution in [3.8, 4) is 17.2 Å². The maximum atomic E-state index is 12.2. The smallest absolute Gasteiger partial charge is 0.257 e. The van der Waals surface area contributed by atoms with Crippen molar-refractivity contribution in [2.45, 2.75) is 13.8 Å². The van der Waals surface area contributed by atoms with E-state index in [9.17, 15) is 4.79 Å². The van der Waals surface area contributed by atoms with Gasteiger partial charge in [-0.1, -0.05) is 35.5 Å². The van der Waals surface area contributed by atoms with E-state index in [2.05, 4.69) is 25.0 Å². The zero-order valence-corrected chi connectivity index (χ0v) is 15.6. The van der Waals surface area contributed by atoms with Crippen LogP contribution in [0.2, 0.25) is 0 Å². The van der Waals surface area contributed by atoms with Gasteiger partial charge in [-0.05, 0) is 43.7 Å². The van der Waals surface area contributed by atoms with Crippen LogP contribution in [0.4, 0.5) is 5.13 Å². The lowest BCUT2D eigenvalue weighted by Gasteiger charge is -2.03. The predicted molar refractivity (Wildman–Crippen MR) is 104 cm³/mol. The molecule has 0 radical (unpaired) electrons. The normalized spacial score (nSPS) is 10.7. The molecular formula is C19H16N6OS. The van der Waals surface area contributed by atoms with Crippen LogP contribution < -0.4 is 5.32 Å². The van der Waals surface area contributed by atoms with E-state index in [0.29, 0.717) is 22.2 Å². The van der Waals surface area contributed by atoms with Crippen molar-refractivity contribution in [1.29, 1.82) is 0 Å². The number of benzene rings is 2. The highest BCUT2D eigenvalue weighted by atomic mass is 32.1. The van der Waals surface area contributed by atoms with E-state index in [1.807, 2.05) is 56.3 Å². The quantitative estimate of drug-likeness (QED) is 0.587. The van der Waals surface area contributed by atoms with Gasteiger partial charge in [-0.3, -0.25) is 10.1 Å². The minimum absolute atomic E-state index is 0.224. The molecule has 0 saturated carbocycles. The molecule has 0 unspecified atom stereocenters. The van der Waals surface area contributed by atoms with Crippen LogP contribution in [0, 0.1) is 13.8 Å². The van der Waals surface area contributed by atoms with Crippen LogP contribution in [0.3, 0.4) is 0 Å². The summed E-state index contributed by atoms with van der Waals surface area (Å²) in [5, 5.41) is 11.6. The molecule has 0 aliphatic carbocycles. The van der Waals surface area contributed by atoms with Crippen LogP contribution in [-0.2, 0) is 0 Å². The SMILES string of the molecule is Cc1cccc(-n2nnc(-c3nsc(NC(=O)c4ccccc4)n3)c2C)c1. The summed E-state index contributed by atoms with van der Waals surface area (Å²) in [6, 6.07) is 17.0. The third kappa shape index (κ3) is 3.47. The number of carbonyl (C=O) groups excluding carboxylic acids is 1. The maximum absolute atomic E-state index is 12.2. The van der Waals surface area contributed by atoms with E-state index in [1.54, 1.807) is 16.8 Å². The molecule has 8 heteroatoms. The molecule has 2 aromatic heterocycles. The van der Waals surface area contributed by atoms with Crippen LogP contribution in [0.5, 0.6) is 0 Å². The van der Waals surface area contributed by atoms with Crippen LogP contribution >= 0.6 is 11.5 Å². The van der Waals surface area contributed by atoms with Crippen LogP contribution in [0.1, 0.15) is 21.6 Å². The highest BCUT2D eigenvalue weighted by molar-refractivity contribution is 7.10. The Morgan fingerprint density at radius 1 is 1.07 bits per heavy atom. The third-order valence-corrected chi connectivity index (χ3v) is 4.67. The molecule has 134 valence electrons. The Labute approximate surface area is 159 Å². The summed E-state index contributed by atoms with van der Waals surface area (Å²) >= 11 is 1.11. The number of amides is 1. The van der Waals surface area contributed by atoms with Gasteiger partial charge in [0.05, 0.1) is 11.4 Å². The lowest BCUT2D eigenvalue weighted by atomic mass is 10.2. The van der Waals surface area contributed by atoms with Gasteiger partial charge in [0.2, 0.25) is 5.13 Å². The number of aryl methyl sites for hydroxylation is 1. The third-order valence-electron chi connectivity index (χ3n) is 4.04. The Balaban J connectivity index is 1.58. The van der Waals surface area contributed by atoms with Gasteiger partial charge >= 0.3 is 0 Å². The lowest BCUT2D eigenvalue weighted by molar-refractivity contribution is 0.102. The average molecular weight is 376 g/mol. The first kappa shape index (κ1) is 17.0. The summed E-state index contributed by atoms with van der Waals surface area (Å²) in [6.07, 6.45) is 0. The van der Waals surface area contributed by atoms with E-state index in [0.717, 1.165) is 28.5 Å². The zero-order valence-electron chi connectivity index (χ0n) is 14.7.